The van der Waals surface area contributed by atoms with Crippen LogP contribution in [0.1, 0.15) is 5.56 Å². The molecular weight excluding hydrogens is 216 g/mol. The fraction of sp³-hybridized carbons (Fsp3) is 0.308. The summed E-state index contributed by atoms with van der Waals surface area (Å²) in [4.78, 5) is 12.3. The number of rotatable bonds is 3. The van der Waals surface area contributed by atoms with E-state index in [1.807, 2.05) is 29.2 Å². The lowest BCUT2D eigenvalue weighted by molar-refractivity contribution is -0.104. The Morgan fingerprint density at radius 2 is 2.24 bits per heavy atom. The van der Waals surface area contributed by atoms with Crippen LogP contribution in [0, 0.1) is 0 Å². The van der Waals surface area contributed by atoms with Gasteiger partial charge in [0.05, 0.1) is 0 Å². The number of piperazine rings is 1. The lowest BCUT2D eigenvalue weighted by Crippen LogP contribution is -2.51. The topological polar surface area (TPSA) is 52.6 Å². The zero-order valence-electron chi connectivity index (χ0n) is 9.54. The molecule has 90 valence electrons. The summed E-state index contributed by atoms with van der Waals surface area (Å²) in [5.41, 5.74) is 1.90. The SMILES string of the molecule is O=CC=Cc1ccccc1N1CCNCC1O. The van der Waals surface area contributed by atoms with Gasteiger partial charge in [-0.25, -0.2) is 0 Å². The Morgan fingerprint density at radius 3 is 3.00 bits per heavy atom. The van der Waals surface area contributed by atoms with Crippen LogP contribution in [0.3, 0.4) is 0 Å². The summed E-state index contributed by atoms with van der Waals surface area (Å²) < 4.78 is 0. The second kappa shape index (κ2) is 5.61. The number of para-hydroxylation sites is 1. The summed E-state index contributed by atoms with van der Waals surface area (Å²) in [7, 11) is 0. The van der Waals surface area contributed by atoms with Crippen LogP contribution >= 0.6 is 0 Å². The third kappa shape index (κ3) is 2.72. The van der Waals surface area contributed by atoms with Gasteiger partial charge in [0.25, 0.3) is 0 Å². The second-order valence-electron chi connectivity index (χ2n) is 3.93. The molecule has 2 N–H and O–H groups in total. The summed E-state index contributed by atoms with van der Waals surface area (Å²) in [6.07, 6.45) is 3.46. The molecule has 1 aromatic rings. The average Bonchev–Trinajstić information content (AvgIpc) is 2.37. The van der Waals surface area contributed by atoms with Gasteiger partial charge >= 0.3 is 0 Å². The summed E-state index contributed by atoms with van der Waals surface area (Å²) in [6.45, 7) is 2.17. The van der Waals surface area contributed by atoms with Crippen molar-refractivity contribution < 1.29 is 9.90 Å². The summed E-state index contributed by atoms with van der Waals surface area (Å²) >= 11 is 0. The number of allylic oxidation sites excluding steroid dienone is 1. The predicted octanol–water partition coefficient (Wildman–Crippen LogP) is 0.627. The van der Waals surface area contributed by atoms with E-state index in [1.54, 1.807) is 6.08 Å². The van der Waals surface area contributed by atoms with E-state index in [-0.39, 0.29) is 0 Å². The van der Waals surface area contributed by atoms with Crippen LogP contribution in [0.4, 0.5) is 5.69 Å². The second-order valence-corrected chi connectivity index (χ2v) is 3.93. The quantitative estimate of drug-likeness (QED) is 0.593. The van der Waals surface area contributed by atoms with Crippen LogP contribution in [-0.4, -0.2) is 37.3 Å². The normalized spacial score (nSPS) is 20.8. The minimum atomic E-state index is -0.519. The fourth-order valence-electron chi connectivity index (χ4n) is 2.00. The molecule has 2 rings (SSSR count). The van der Waals surface area contributed by atoms with Gasteiger partial charge in [0.2, 0.25) is 0 Å². The number of carbonyl (C=O) groups is 1. The third-order valence-electron chi connectivity index (χ3n) is 2.82. The van der Waals surface area contributed by atoms with Crippen LogP contribution < -0.4 is 10.2 Å². The molecule has 0 radical (unpaired) electrons. The summed E-state index contributed by atoms with van der Waals surface area (Å²) in [5.74, 6) is 0. The molecule has 4 heteroatoms. The number of nitrogens with one attached hydrogen (secondary N) is 1. The van der Waals surface area contributed by atoms with Gasteiger partial charge in [-0.2, -0.15) is 0 Å². The Hall–Kier alpha value is -1.65. The first-order valence-corrected chi connectivity index (χ1v) is 5.69. The highest BCUT2D eigenvalue weighted by Crippen LogP contribution is 2.23. The number of benzene rings is 1. The van der Waals surface area contributed by atoms with Gasteiger partial charge in [0.15, 0.2) is 0 Å². The molecule has 1 aromatic carbocycles. The van der Waals surface area contributed by atoms with Crippen LogP contribution in [0.2, 0.25) is 0 Å². The lowest BCUT2D eigenvalue weighted by atomic mass is 10.1. The van der Waals surface area contributed by atoms with Gasteiger partial charge in [-0.05, 0) is 23.8 Å². The number of carbonyl (C=O) groups excluding carboxylic acids is 1. The van der Waals surface area contributed by atoms with Gasteiger partial charge in [-0.3, -0.25) is 4.79 Å². The van der Waals surface area contributed by atoms with Gasteiger partial charge in [0.1, 0.15) is 12.5 Å². The van der Waals surface area contributed by atoms with Gasteiger partial charge in [-0.15, -0.1) is 0 Å². The first kappa shape index (κ1) is 11.8. The van der Waals surface area contributed by atoms with Crippen molar-refractivity contribution in [2.45, 2.75) is 6.23 Å². The molecule has 0 bridgehead atoms. The predicted molar refractivity (Wildman–Crippen MR) is 67.8 cm³/mol. The maximum absolute atomic E-state index is 10.4. The van der Waals surface area contributed by atoms with E-state index in [0.717, 1.165) is 30.6 Å². The number of aliphatic hydroxyl groups is 1. The van der Waals surface area contributed by atoms with Crippen molar-refractivity contribution in [3.8, 4) is 0 Å². The molecule has 1 saturated heterocycles. The number of hydrogen-bond donors (Lipinski definition) is 2. The standard InChI is InChI=1S/C13H16N2O2/c16-9-3-5-11-4-1-2-6-12(11)15-8-7-14-10-13(15)17/h1-6,9,13-14,17H,7-8,10H2. The number of β-amino-alcohol motifs (C(OH)–C–C–N with tert-alkyl or cyclic N) is 1. The van der Waals surface area contributed by atoms with Crippen molar-refractivity contribution in [2.75, 3.05) is 24.5 Å². The minimum absolute atomic E-state index is 0.519. The molecule has 1 aliphatic rings. The summed E-state index contributed by atoms with van der Waals surface area (Å²) in [5, 5.41) is 13.1. The molecule has 1 heterocycles. The molecule has 1 aliphatic heterocycles. The average molecular weight is 232 g/mol. The molecule has 0 amide bonds. The number of hydrogen-bond acceptors (Lipinski definition) is 4. The highest BCUT2D eigenvalue weighted by Gasteiger charge is 2.20. The van der Waals surface area contributed by atoms with Crippen molar-refractivity contribution in [1.82, 2.24) is 5.32 Å². The maximum atomic E-state index is 10.4. The molecule has 0 aromatic heterocycles. The Labute approximate surface area is 101 Å². The first-order valence-electron chi connectivity index (χ1n) is 5.69. The number of anilines is 1. The number of aliphatic hydroxyl groups excluding tert-OH is 1. The van der Waals surface area contributed by atoms with Crippen molar-refractivity contribution in [3.63, 3.8) is 0 Å². The van der Waals surface area contributed by atoms with Crippen LogP contribution in [0.15, 0.2) is 30.3 Å². The van der Waals surface area contributed by atoms with Crippen LogP contribution in [0.5, 0.6) is 0 Å². The van der Waals surface area contributed by atoms with E-state index in [2.05, 4.69) is 5.32 Å². The van der Waals surface area contributed by atoms with Gasteiger partial charge < -0.3 is 15.3 Å². The van der Waals surface area contributed by atoms with Crippen molar-refractivity contribution >= 4 is 18.0 Å². The van der Waals surface area contributed by atoms with Crippen LogP contribution in [0.25, 0.3) is 6.08 Å². The van der Waals surface area contributed by atoms with E-state index >= 15 is 0 Å². The largest absolute Gasteiger partial charge is 0.372 e. The molecule has 17 heavy (non-hydrogen) atoms. The first-order chi connectivity index (χ1) is 8.33. The molecule has 0 saturated carbocycles. The van der Waals surface area contributed by atoms with E-state index in [4.69, 9.17) is 0 Å². The van der Waals surface area contributed by atoms with Crippen LogP contribution in [-0.2, 0) is 4.79 Å². The molecule has 0 spiro atoms. The highest BCUT2D eigenvalue weighted by molar-refractivity contribution is 5.78. The Morgan fingerprint density at radius 1 is 1.41 bits per heavy atom. The summed E-state index contributed by atoms with van der Waals surface area (Å²) in [6, 6.07) is 7.74. The van der Waals surface area contributed by atoms with Gasteiger partial charge in [0, 0.05) is 25.3 Å². The number of aldehydes is 1. The Kier molecular flexibility index (Phi) is 3.90. The zero-order chi connectivity index (χ0) is 12.1. The molecule has 1 atom stereocenters. The van der Waals surface area contributed by atoms with Crippen molar-refractivity contribution in [1.29, 1.82) is 0 Å². The molecule has 1 fully saturated rings. The monoisotopic (exact) mass is 232 g/mol. The third-order valence-corrected chi connectivity index (χ3v) is 2.82. The van der Waals surface area contributed by atoms with E-state index in [1.165, 1.54) is 6.08 Å². The number of nitrogens with zero attached hydrogens (tertiary/aromatic N) is 1. The molecule has 0 aliphatic carbocycles. The minimum Gasteiger partial charge on any atom is -0.372 e. The van der Waals surface area contributed by atoms with Gasteiger partial charge in [-0.1, -0.05) is 18.2 Å². The fourth-order valence-corrected chi connectivity index (χ4v) is 2.00. The highest BCUT2D eigenvalue weighted by atomic mass is 16.3. The maximum Gasteiger partial charge on any atom is 0.142 e. The Balaban J connectivity index is 2.29. The van der Waals surface area contributed by atoms with E-state index in [0.29, 0.717) is 6.54 Å². The van der Waals surface area contributed by atoms with E-state index < -0.39 is 6.23 Å². The molecular formula is C13H16N2O2. The van der Waals surface area contributed by atoms with Crippen molar-refractivity contribution in [3.05, 3.63) is 35.9 Å². The molecule has 1 unspecified atom stereocenters. The smallest absolute Gasteiger partial charge is 0.142 e. The van der Waals surface area contributed by atoms with E-state index in [9.17, 15) is 9.90 Å². The zero-order valence-corrected chi connectivity index (χ0v) is 9.54. The lowest BCUT2D eigenvalue weighted by Gasteiger charge is -2.35. The van der Waals surface area contributed by atoms with Crippen molar-refractivity contribution in [2.24, 2.45) is 0 Å². The Bertz CT molecular complexity index is 418. The molecule has 4 nitrogen and oxygen atoms in total.